The summed E-state index contributed by atoms with van der Waals surface area (Å²) >= 11 is 0. The Labute approximate surface area is 164 Å². The number of carbonyl (C=O) groups is 2. The maximum Gasteiger partial charge on any atom is 0.341 e. The molecule has 4 rings (SSSR count). The molecule has 29 heavy (non-hydrogen) atoms. The largest absolute Gasteiger partial charge is 0.462 e. The minimum Gasteiger partial charge on any atom is -0.462 e. The molecule has 1 spiro atoms. The second-order valence-corrected chi connectivity index (χ2v) is 6.59. The summed E-state index contributed by atoms with van der Waals surface area (Å²) in [5.41, 5.74) is 4.16. The van der Waals surface area contributed by atoms with Crippen LogP contribution < -0.4 is 20.8 Å². The second-order valence-electron chi connectivity index (χ2n) is 6.59. The molecule has 9 nitrogen and oxygen atoms in total. The summed E-state index contributed by atoms with van der Waals surface area (Å²) < 4.78 is 16.3. The number of ether oxygens (including phenoxy) is 2. The molecule has 1 amide bonds. The van der Waals surface area contributed by atoms with Gasteiger partial charge in [-0.2, -0.15) is 0 Å². The van der Waals surface area contributed by atoms with Gasteiger partial charge >= 0.3 is 5.97 Å². The molecule has 3 N–H and O–H groups in total. The van der Waals surface area contributed by atoms with Gasteiger partial charge in [-0.15, -0.1) is 0 Å². The van der Waals surface area contributed by atoms with E-state index in [2.05, 4.69) is 0 Å². The van der Waals surface area contributed by atoms with Gasteiger partial charge in [0.15, 0.2) is 11.2 Å². The number of hydrogen-bond donors (Lipinski definition) is 2. The zero-order valence-corrected chi connectivity index (χ0v) is 15.7. The molecule has 2 aliphatic rings. The fourth-order valence-corrected chi connectivity index (χ4v) is 3.89. The predicted octanol–water partition coefficient (Wildman–Crippen LogP) is 0.520. The monoisotopic (exact) mass is 398 g/mol. The number of aliphatic hydroxyl groups excluding tert-OH is 1. The number of fused-ring (bicyclic) bond motifs is 4. The molecule has 2 aromatic rings. The molecular formula is C20H18N2O7. The minimum absolute atomic E-state index is 0.0326. The Morgan fingerprint density at radius 3 is 2.72 bits per heavy atom. The molecule has 0 saturated carbocycles. The first-order chi connectivity index (χ1) is 13.9. The molecule has 150 valence electrons. The van der Waals surface area contributed by atoms with Crippen molar-refractivity contribution in [1.82, 2.24) is 0 Å². The normalized spacial score (nSPS) is 19.8. The summed E-state index contributed by atoms with van der Waals surface area (Å²) in [6, 6.07) is 7.81. The summed E-state index contributed by atoms with van der Waals surface area (Å²) in [5, 5.41) is 9.52. The van der Waals surface area contributed by atoms with Crippen LogP contribution in [0.15, 0.2) is 51.0 Å². The van der Waals surface area contributed by atoms with E-state index in [1.165, 1.54) is 11.9 Å². The summed E-state index contributed by atoms with van der Waals surface area (Å²) in [4.78, 5) is 40.5. The lowest BCUT2D eigenvalue weighted by Gasteiger charge is -2.33. The van der Waals surface area contributed by atoms with Gasteiger partial charge in [-0.05, 0) is 13.0 Å². The molecule has 3 heterocycles. The molecule has 2 aliphatic heterocycles. The fraction of sp³-hybridized carbons (Fsp3) is 0.250. The lowest BCUT2D eigenvalue weighted by atomic mass is 9.71. The van der Waals surface area contributed by atoms with Crippen LogP contribution in [0.25, 0.3) is 0 Å². The Kier molecular flexibility index (Phi) is 4.20. The highest BCUT2D eigenvalue weighted by Crippen LogP contribution is 2.54. The lowest BCUT2D eigenvalue weighted by molar-refractivity contribution is -0.141. The van der Waals surface area contributed by atoms with Gasteiger partial charge in [0.2, 0.25) is 23.0 Å². The number of likely N-dealkylation sites (N-methyl/N-ethyl adjacent to an activating group) is 1. The number of carbonyl (C=O) groups excluding carboxylic acids is 2. The van der Waals surface area contributed by atoms with Crippen molar-refractivity contribution in [3.63, 3.8) is 0 Å². The molecule has 1 unspecified atom stereocenters. The number of aliphatic hydroxyl groups is 1. The van der Waals surface area contributed by atoms with Crippen LogP contribution in [-0.4, -0.2) is 30.6 Å². The maximum absolute atomic E-state index is 13.6. The summed E-state index contributed by atoms with van der Waals surface area (Å²) in [6.45, 7) is 1.06. The van der Waals surface area contributed by atoms with Crippen LogP contribution in [0, 0.1) is 0 Å². The van der Waals surface area contributed by atoms with Crippen LogP contribution in [0.5, 0.6) is 5.75 Å². The number of nitrogens with two attached hydrogens (primary N) is 1. The predicted molar refractivity (Wildman–Crippen MR) is 100 cm³/mol. The van der Waals surface area contributed by atoms with Crippen molar-refractivity contribution in [2.24, 2.45) is 5.73 Å². The van der Waals surface area contributed by atoms with Crippen LogP contribution in [0.4, 0.5) is 5.69 Å². The maximum atomic E-state index is 13.6. The van der Waals surface area contributed by atoms with Gasteiger partial charge in [0.05, 0.1) is 6.61 Å². The molecule has 0 radical (unpaired) electrons. The van der Waals surface area contributed by atoms with Crippen LogP contribution >= 0.6 is 0 Å². The molecule has 1 aromatic heterocycles. The average Bonchev–Trinajstić information content (AvgIpc) is 2.92. The molecule has 9 heteroatoms. The fourth-order valence-electron chi connectivity index (χ4n) is 3.89. The highest BCUT2D eigenvalue weighted by Gasteiger charge is 2.63. The highest BCUT2D eigenvalue weighted by molar-refractivity contribution is 6.17. The van der Waals surface area contributed by atoms with E-state index in [1.807, 2.05) is 0 Å². The van der Waals surface area contributed by atoms with Gasteiger partial charge < -0.3 is 29.6 Å². The molecule has 1 aromatic carbocycles. The van der Waals surface area contributed by atoms with E-state index >= 15 is 0 Å². The van der Waals surface area contributed by atoms with E-state index in [-0.39, 0.29) is 29.4 Å². The first-order valence-corrected chi connectivity index (χ1v) is 8.89. The van der Waals surface area contributed by atoms with E-state index < -0.39 is 35.2 Å². The zero-order chi connectivity index (χ0) is 20.9. The molecule has 1 atom stereocenters. The molecular weight excluding hydrogens is 380 g/mol. The van der Waals surface area contributed by atoms with Crippen LogP contribution in [0.1, 0.15) is 24.0 Å². The molecule has 0 aliphatic carbocycles. The lowest BCUT2D eigenvalue weighted by Crippen LogP contribution is -2.48. The third-order valence-corrected chi connectivity index (χ3v) is 5.06. The third kappa shape index (κ3) is 2.34. The summed E-state index contributed by atoms with van der Waals surface area (Å²) in [6.07, 6.45) is 0. The van der Waals surface area contributed by atoms with E-state index in [1.54, 1.807) is 31.2 Å². The van der Waals surface area contributed by atoms with Gasteiger partial charge in [0.1, 0.15) is 17.9 Å². The number of rotatable bonds is 3. The van der Waals surface area contributed by atoms with Gasteiger partial charge in [0.25, 0.3) is 0 Å². The Balaban J connectivity index is 2.17. The summed E-state index contributed by atoms with van der Waals surface area (Å²) in [7, 11) is 1.54. The van der Waals surface area contributed by atoms with Crippen molar-refractivity contribution in [2.75, 3.05) is 18.6 Å². The molecule has 0 fully saturated rings. The van der Waals surface area contributed by atoms with Crippen LogP contribution in [0.2, 0.25) is 0 Å². The highest BCUT2D eigenvalue weighted by atomic mass is 16.5. The van der Waals surface area contributed by atoms with Gasteiger partial charge in [-0.3, -0.25) is 9.59 Å². The Hall–Kier alpha value is -3.59. The number of hydrogen-bond acceptors (Lipinski definition) is 8. The van der Waals surface area contributed by atoms with E-state index in [9.17, 15) is 19.5 Å². The molecule has 0 saturated heterocycles. The molecule has 0 bridgehead atoms. The second kappa shape index (κ2) is 6.49. The Morgan fingerprint density at radius 1 is 1.31 bits per heavy atom. The van der Waals surface area contributed by atoms with Crippen molar-refractivity contribution < 1.29 is 28.6 Å². The number of esters is 1. The first kappa shape index (κ1) is 18.8. The number of para-hydroxylation sites is 1. The quantitative estimate of drug-likeness (QED) is 0.715. The topological polar surface area (TPSA) is 132 Å². The SMILES string of the molecule is CCOC(=O)C1=C(N)Oc2c(oc(CO)cc2=O)C12C(=O)N(C)c1ccccc12. The summed E-state index contributed by atoms with van der Waals surface area (Å²) in [5.74, 6) is -2.46. The number of amides is 1. The first-order valence-electron chi connectivity index (χ1n) is 8.89. The number of nitrogens with zero attached hydrogens (tertiary/aromatic N) is 1. The van der Waals surface area contributed by atoms with E-state index in [4.69, 9.17) is 19.6 Å². The van der Waals surface area contributed by atoms with Gasteiger partial charge in [0, 0.05) is 24.4 Å². The Bertz CT molecular complexity index is 1130. The number of anilines is 1. The average molecular weight is 398 g/mol. The van der Waals surface area contributed by atoms with Crippen molar-refractivity contribution in [3.05, 3.63) is 69.1 Å². The standard InChI is InChI=1S/C20H18N2O7/c1-3-27-18(25)14-17(21)29-15-13(24)8-10(9-23)28-16(15)20(14)11-6-4-5-7-12(11)22(2)19(20)26/h4-8,23H,3,9,21H2,1-2H3. The van der Waals surface area contributed by atoms with Crippen molar-refractivity contribution in [1.29, 1.82) is 0 Å². The van der Waals surface area contributed by atoms with Crippen molar-refractivity contribution in [3.8, 4) is 5.75 Å². The third-order valence-electron chi connectivity index (χ3n) is 5.06. The van der Waals surface area contributed by atoms with Crippen LogP contribution in [-0.2, 0) is 26.3 Å². The van der Waals surface area contributed by atoms with E-state index in [0.717, 1.165) is 6.07 Å². The van der Waals surface area contributed by atoms with Crippen molar-refractivity contribution in [2.45, 2.75) is 18.9 Å². The Morgan fingerprint density at radius 2 is 2.03 bits per heavy atom. The van der Waals surface area contributed by atoms with Crippen LogP contribution in [0.3, 0.4) is 0 Å². The minimum atomic E-state index is -1.88. The number of benzene rings is 1. The smallest absolute Gasteiger partial charge is 0.341 e. The zero-order valence-electron chi connectivity index (χ0n) is 15.7. The van der Waals surface area contributed by atoms with Crippen molar-refractivity contribution >= 4 is 17.6 Å². The van der Waals surface area contributed by atoms with Gasteiger partial charge in [-0.1, -0.05) is 18.2 Å². The van der Waals surface area contributed by atoms with Gasteiger partial charge in [-0.25, -0.2) is 4.79 Å². The van der Waals surface area contributed by atoms with E-state index in [0.29, 0.717) is 11.3 Å².